The van der Waals surface area contributed by atoms with Gasteiger partial charge in [0.1, 0.15) is 11.3 Å². The number of hydrogen-bond acceptors (Lipinski definition) is 5. The Labute approximate surface area is 128 Å². The summed E-state index contributed by atoms with van der Waals surface area (Å²) in [7, 11) is 1.40. The van der Waals surface area contributed by atoms with Gasteiger partial charge in [-0.25, -0.2) is 4.79 Å². The smallest absolute Gasteiger partial charge is 0.342 e. The van der Waals surface area contributed by atoms with Crippen LogP contribution in [0, 0.1) is 5.92 Å². The largest absolute Gasteiger partial charge is 0.496 e. The first-order valence-electron chi connectivity index (χ1n) is 6.42. The number of benzene rings is 1. The Balaban J connectivity index is 2.68. The van der Waals surface area contributed by atoms with Crippen LogP contribution in [-0.4, -0.2) is 32.1 Å². The number of amides is 1. The van der Waals surface area contributed by atoms with Crippen molar-refractivity contribution in [1.29, 1.82) is 0 Å². The first-order chi connectivity index (χ1) is 9.85. The Bertz CT molecular complexity index is 532. The zero-order valence-electron chi connectivity index (χ0n) is 12.2. The first kappa shape index (κ1) is 17.1. The van der Waals surface area contributed by atoms with Crippen molar-refractivity contribution < 1.29 is 19.1 Å². The number of rotatable bonds is 6. The van der Waals surface area contributed by atoms with Gasteiger partial charge in [0.15, 0.2) is 6.61 Å². The highest BCUT2D eigenvalue weighted by atomic mass is 35.5. The van der Waals surface area contributed by atoms with Crippen molar-refractivity contribution in [3.8, 4) is 5.75 Å². The molecule has 1 rings (SSSR count). The van der Waals surface area contributed by atoms with Crippen molar-refractivity contribution in [3.63, 3.8) is 0 Å². The maximum absolute atomic E-state index is 11.9. The topological polar surface area (TPSA) is 90.7 Å². The molecule has 0 spiro atoms. The third-order valence-electron chi connectivity index (χ3n) is 2.58. The summed E-state index contributed by atoms with van der Waals surface area (Å²) in [6, 6.07) is 2.78. The number of methoxy groups -OCH3 is 1. The highest BCUT2D eigenvalue weighted by molar-refractivity contribution is 6.33. The molecule has 0 aliphatic carbocycles. The Hall–Kier alpha value is -1.95. The Morgan fingerprint density at radius 3 is 2.62 bits per heavy atom. The lowest BCUT2D eigenvalue weighted by Gasteiger charge is -2.11. The summed E-state index contributed by atoms with van der Waals surface area (Å²) in [5.41, 5.74) is 6.04. The average Bonchev–Trinajstić information content (AvgIpc) is 2.44. The number of anilines is 1. The predicted molar refractivity (Wildman–Crippen MR) is 80.5 cm³/mol. The van der Waals surface area contributed by atoms with E-state index in [9.17, 15) is 9.59 Å². The first-order valence-corrected chi connectivity index (χ1v) is 6.79. The van der Waals surface area contributed by atoms with Gasteiger partial charge in [-0.1, -0.05) is 25.4 Å². The zero-order valence-corrected chi connectivity index (χ0v) is 13.0. The third-order valence-corrected chi connectivity index (χ3v) is 2.91. The molecule has 3 N–H and O–H groups in total. The van der Waals surface area contributed by atoms with Crippen LogP contribution >= 0.6 is 11.6 Å². The van der Waals surface area contributed by atoms with Crippen molar-refractivity contribution >= 4 is 29.2 Å². The van der Waals surface area contributed by atoms with Gasteiger partial charge in [-0.15, -0.1) is 0 Å². The number of esters is 1. The van der Waals surface area contributed by atoms with Gasteiger partial charge >= 0.3 is 5.97 Å². The lowest BCUT2D eigenvalue weighted by Crippen LogP contribution is -2.31. The molecule has 0 aromatic heterocycles. The minimum atomic E-state index is -0.701. The van der Waals surface area contributed by atoms with E-state index >= 15 is 0 Å². The van der Waals surface area contributed by atoms with E-state index in [2.05, 4.69) is 5.32 Å². The van der Waals surface area contributed by atoms with Gasteiger partial charge in [0, 0.05) is 12.6 Å². The molecule has 0 saturated heterocycles. The fourth-order valence-electron chi connectivity index (χ4n) is 1.48. The van der Waals surface area contributed by atoms with Crippen LogP contribution in [-0.2, 0) is 9.53 Å². The molecule has 116 valence electrons. The summed E-state index contributed by atoms with van der Waals surface area (Å²) in [6.45, 7) is 4.09. The molecule has 1 aromatic carbocycles. The van der Waals surface area contributed by atoms with E-state index in [-0.39, 0.29) is 28.8 Å². The van der Waals surface area contributed by atoms with Crippen LogP contribution in [0.5, 0.6) is 5.75 Å². The number of hydrogen-bond donors (Lipinski definition) is 2. The van der Waals surface area contributed by atoms with Gasteiger partial charge in [-0.2, -0.15) is 0 Å². The van der Waals surface area contributed by atoms with E-state index in [1.807, 2.05) is 13.8 Å². The number of carbonyl (C=O) groups is 2. The van der Waals surface area contributed by atoms with E-state index in [4.69, 9.17) is 26.8 Å². The molecule has 0 fully saturated rings. The monoisotopic (exact) mass is 314 g/mol. The van der Waals surface area contributed by atoms with E-state index in [1.165, 1.54) is 19.2 Å². The molecule has 0 aliphatic heterocycles. The molecule has 0 aliphatic rings. The Morgan fingerprint density at radius 1 is 1.38 bits per heavy atom. The minimum absolute atomic E-state index is 0.119. The molecule has 0 atom stereocenters. The molecule has 7 heteroatoms. The number of nitrogens with two attached hydrogens (primary N) is 1. The fraction of sp³-hybridized carbons (Fsp3) is 0.429. The molecule has 0 heterocycles. The predicted octanol–water partition coefficient (Wildman–Crippen LogP) is 1.86. The maximum atomic E-state index is 11.9. The summed E-state index contributed by atoms with van der Waals surface area (Å²) >= 11 is 5.87. The Morgan fingerprint density at radius 2 is 2.05 bits per heavy atom. The third kappa shape index (κ3) is 5.15. The zero-order chi connectivity index (χ0) is 16.0. The summed E-state index contributed by atoms with van der Waals surface area (Å²) in [6.07, 6.45) is 0. The van der Waals surface area contributed by atoms with E-state index in [0.29, 0.717) is 18.2 Å². The molecular formula is C14H19ClN2O4. The lowest BCUT2D eigenvalue weighted by molar-refractivity contribution is -0.124. The van der Waals surface area contributed by atoms with Crippen LogP contribution in [0.25, 0.3) is 0 Å². The van der Waals surface area contributed by atoms with Gasteiger partial charge in [0.05, 0.1) is 17.8 Å². The lowest BCUT2D eigenvalue weighted by atomic mass is 10.2. The van der Waals surface area contributed by atoms with E-state index in [0.717, 1.165) is 0 Å². The molecule has 0 bridgehead atoms. The highest BCUT2D eigenvalue weighted by Gasteiger charge is 2.17. The summed E-state index contributed by atoms with van der Waals surface area (Å²) in [4.78, 5) is 23.4. The summed E-state index contributed by atoms with van der Waals surface area (Å²) < 4.78 is 9.98. The molecule has 0 unspecified atom stereocenters. The molecule has 1 amide bonds. The van der Waals surface area contributed by atoms with Gasteiger partial charge in [0.2, 0.25) is 0 Å². The van der Waals surface area contributed by atoms with Crippen LogP contribution in [0.2, 0.25) is 5.02 Å². The number of carbonyl (C=O) groups excluding carboxylic acids is 2. The number of ether oxygens (including phenoxy) is 2. The second kappa shape index (κ2) is 7.73. The van der Waals surface area contributed by atoms with Gasteiger partial charge < -0.3 is 20.5 Å². The van der Waals surface area contributed by atoms with Crippen molar-refractivity contribution in [2.45, 2.75) is 13.8 Å². The van der Waals surface area contributed by atoms with E-state index in [1.54, 1.807) is 0 Å². The van der Waals surface area contributed by atoms with Crippen LogP contribution in [0.1, 0.15) is 24.2 Å². The maximum Gasteiger partial charge on any atom is 0.342 e. The number of nitrogen functional groups attached to an aromatic ring is 1. The van der Waals surface area contributed by atoms with Gasteiger partial charge in [-0.05, 0) is 12.0 Å². The normalized spacial score (nSPS) is 10.3. The number of nitrogens with one attached hydrogen (secondary N) is 1. The summed E-state index contributed by atoms with van der Waals surface area (Å²) in [5, 5.41) is 2.86. The SMILES string of the molecule is COc1cc(N)c(Cl)cc1C(=O)OCC(=O)NCC(C)C. The molecule has 0 saturated carbocycles. The van der Waals surface area contributed by atoms with Crippen LogP contribution in [0.3, 0.4) is 0 Å². The van der Waals surface area contributed by atoms with Crippen LogP contribution in [0.15, 0.2) is 12.1 Å². The Kier molecular flexibility index (Phi) is 6.30. The average molecular weight is 315 g/mol. The van der Waals surface area contributed by atoms with Crippen LogP contribution in [0.4, 0.5) is 5.69 Å². The standard InChI is InChI=1S/C14H19ClN2O4/c1-8(2)6-17-13(18)7-21-14(19)9-4-10(15)11(16)5-12(9)20-3/h4-5,8H,6-7,16H2,1-3H3,(H,17,18). The highest BCUT2D eigenvalue weighted by Crippen LogP contribution is 2.29. The van der Waals surface area contributed by atoms with Crippen molar-refractivity contribution in [1.82, 2.24) is 5.32 Å². The minimum Gasteiger partial charge on any atom is -0.496 e. The van der Waals surface area contributed by atoms with E-state index < -0.39 is 5.97 Å². The number of halogens is 1. The molecule has 21 heavy (non-hydrogen) atoms. The van der Waals surface area contributed by atoms with Crippen molar-refractivity contribution in [3.05, 3.63) is 22.7 Å². The second-order valence-corrected chi connectivity index (χ2v) is 5.26. The quantitative estimate of drug-likeness (QED) is 0.618. The van der Waals surface area contributed by atoms with Gasteiger partial charge in [0.25, 0.3) is 5.91 Å². The van der Waals surface area contributed by atoms with Crippen molar-refractivity contribution in [2.24, 2.45) is 5.92 Å². The second-order valence-electron chi connectivity index (χ2n) is 4.85. The molecule has 6 nitrogen and oxygen atoms in total. The van der Waals surface area contributed by atoms with Crippen molar-refractivity contribution in [2.75, 3.05) is 26.0 Å². The summed E-state index contributed by atoms with van der Waals surface area (Å²) in [5.74, 6) is -0.504. The fourth-order valence-corrected chi connectivity index (χ4v) is 1.64. The molecular weight excluding hydrogens is 296 g/mol. The van der Waals surface area contributed by atoms with Gasteiger partial charge in [-0.3, -0.25) is 4.79 Å². The van der Waals surface area contributed by atoms with Crippen LogP contribution < -0.4 is 15.8 Å². The molecule has 0 radical (unpaired) electrons. The molecule has 1 aromatic rings.